The molecule has 0 radical (unpaired) electrons. The zero-order valence-corrected chi connectivity index (χ0v) is 13.0. The van der Waals surface area contributed by atoms with Gasteiger partial charge in [-0.1, -0.05) is 35.4 Å². The Kier molecular flexibility index (Phi) is 3.89. The summed E-state index contributed by atoms with van der Waals surface area (Å²) in [7, 11) is 0. The fraction of sp³-hybridized carbons (Fsp3) is 0.222. The van der Waals surface area contributed by atoms with Crippen molar-refractivity contribution in [2.24, 2.45) is 0 Å². The second kappa shape index (κ2) is 5.82. The lowest BCUT2D eigenvalue weighted by molar-refractivity contribution is 0.307. The van der Waals surface area contributed by atoms with Gasteiger partial charge in [0.2, 0.25) is 0 Å². The Balaban J connectivity index is 1.88. The van der Waals surface area contributed by atoms with E-state index in [1.54, 1.807) is 0 Å². The summed E-state index contributed by atoms with van der Waals surface area (Å²) in [5.41, 5.74) is 3.58. The molecule has 21 heavy (non-hydrogen) atoms. The predicted molar refractivity (Wildman–Crippen MR) is 88.1 cm³/mol. The molecule has 0 aliphatic rings. The summed E-state index contributed by atoms with van der Waals surface area (Å²) in [5.74, 6) is 0.895. The molecule has 0 spiro atoms. The summed E-state index contributed by atoms with van der Waals surface area (Å²) in [5, 5.41) is 1.97. The van der Waals surface area contributed by atoms with Crippen molar-refractivity contribution in [3.8, 4) is 5.75 Å². The zero-order chi connectivity index (χ0) is 14.8. The molecule has 1 aromatic heterocycles. The van der Waals surface area contributed by atoms with Crippen LogP contribution >= 0.6 is 11.6 Å². The first-order valence-electron chi connectivity index (χ1n) is 7.14. The van der Waals surface area contributed by atoms with Crippen LogP contribution in [0.15, 0.2) is 48.7 Å². The third kappa shape index (κ3) is 2.91. The Morgan fingerprint density at radius 3 is 2.57 bits per heavy atom. The van der Waals surface area contributed by atoms with Crippen LogP contribution in [-0.2, 0) is 13.2 Å². The molecule has 0 N–H and O–H groups in total. The van der Waals surface area contributed by atoms with Gasteiger partial charge in [-0.05, 0) is 38.1 Å². The summed E-state index contributed by atoms with van der Waals surface area (Å²) in [6.45, 7) is 5.68. The minimum absolute atomic E-state index is 0.564. The fourth-order valence-corrected chi connectivity index (χ4v) is 2.68. The quantitative estimate of drug-likeness (QED) is 0.645. The van der Waals surface area contributed by atoms with Crippen LogP contribution in [0.5, 0.6) is 5.75 Å². The molecule has 3 aromatic rings. The highest BCUT2D eigenvalue weighted by Gasteiger charge is 2.09. The number of benzene rings is 2. The number of hydrogen-bond donors (Lipinski definition) is 0. The molecule has 0 aliphatic heterocycles. The van der Waals surface area contributed by atoms with Crippen LogP contribution in [0.3, 0.4) is 0 Å². The van der Waals surface area contributed by atoms with Crippen LogP contribution in [0.1, 0.15) is 18.1 Å². The average molecular weight is 300 g/mol. The molecular weight excluding hydrogens is 282 g/mol. The van der Waals surface area contributed by atoms with Crippen LogP contribution < -0.4 is 4.74 Å². The van der Waals surface area contributed by atoms with Gasteiger partial charge in [0.25, 0.3) is 0 Å². The lowest BCUT2D eigenvalue weighted by Gasteiger charge is -2.05. The molecule has 0 saturated carbocycles. The van der Waals surface area contributed by atoms with Crippen molar-refractivity contribution in [2.45, 2.75) is 27.0 Å². The van der Waals surface area contributed by atoms with Gasteiger partial charge in [-0.15, -0.1) is 0 Å². The highest BCUT2D eigenvalue weighted by molar-refractivity contribution is 6.31. The third-order valence-electron chi connectivity index (χ3n) is 3.68. The van der Waals surface area contributed by atoms with Gasteiger partial charge >= 0.3 is 0 Å². The van der Waals surface area contributed by atoms with E-state index in [-0.39, 0.29) is 0 Å². The van der Waals surface area contributed by atoms with Crippen LogP contribution in [0, 0.1) is 6.92 Å². The Bertz CT molecular complexity index is 759. The minimum Gasteiger partial charge on any atom is -0.489 e. The number of ether oxygens (including phenoxy) is 1. The summed E-state index contributed by atoms with van der Waals surface area (Å²) in [6.07, 6.45) is 2.15. The highest BCUT2D eigenvalue weighted by atomic mass is 35.5. The molecule has 3 heteroatoms. The Labute approximate surface area is 129 Å². The van der Waals surface area contributed by atoms with E-state index >= 15 is 0 Å². The standard InChI is InChI=1S/C18H18ClNO/c1-3-20-11-14(17-9-6-15(19)10-18(17)20)12-21-16-7-4-13(2)5-8-16/h4-11H,3,12H2,1-2H3. The van der Waals surface area contributed by atoms with Crippen molar-refractivity contribution >= 4 is 22.5 Å². The molecule has 0 amide bonds. The second-order valence-corrected chi connectivity index (χ2v) is 5.64. The molecule has 0 saturated heterocycles. The number of aryl methyl sites for hydroxylation is 2. The maximum atomic E-state index is 6.10. The SMILES string of the molecule is CCn1cc(COc2ccc(C)cc2)c2ccc(Cl)cc21. The third-order valence-corrected chi connectivity index (χ3v) is 3.92. The number of fused-ring (bicyclic) bond motifs is 1. The first-order chi connectivity index (χ1) is 10.2. The monoisotopic (exact) mass is 299 g/mol. The van der Waals surface area contributed by atoms with Gasteiger partial charge in [0, 0.05) is 34.2 Å². The lowest BCUT2D eigenvalue weighted by Crippen LogP contribution is -1.95. The highest BCUT2D eigenvalue weighted by Crippen LogP contribution is 2.26. The molecule has 1 heterocycles. The molecule has 3 rings (SSSR count). The number of halogens is 1. The van der Waals surface area contributed by atoms with Gasteiger partial charge in [-0.25, -0.2) is 0 Å². The van der Waals surface area contributed by atoms with E-state index in [0.717, 1.165) is 22.8 Å². The van der Waals surface area contributed by atoms with E-state index in [1.807, 2.05) is 24.3 Å². The van der Waals surface area contributed by atoms with E-state index in [0.29, 0.717) is 6.61 Å². The molecule has 2 nitrogen and oxygen atoms in total. The molecule has 0 atom stereocenters. The van der Waals surface area contributed by atoms with Crippen LogP contribution in [0.25, 0.3) is 10.9 Å². The van der Waals surface area contributed by atoms with E-state index in [4.69, 9.17) is 16.3 Å². The van der Waals surface area contributed by atoms with Crippen molar-refractivity contribution in [3.05, 3.63) is 64.8 Å². The normalized spacial score (nSPS) is 11.0. The molecule has 0 unspecified atom stereocenters. The Morgan fingerprint density at radius 1 is 1.10 bits per heavy atom. The molecular formula is C18H18ClNO. The van der Waals surface area contributed by atoms with E-state index in [9.17, 15) is 0 Å². The summed E-state index contributed by atoms with van der Waals surface area (Å²) in [4.78, 5) is 0. The molecule has 0 aliphatic carbocycles. The molecule has 2 aromatic carbocycles. The van der Waals surface area contributed by atoms with E-state index in [1.165, 1.54) is 16.5 Å². The van der Waals surface area contributed by atoms with Gasteiger partial charge in [-0.2, -0.15) is 0 Å². The summed E-state index contributed by atoms with van der Waals surface area (Å²) in [6, 6.07) is 14.1. The van der Waals surface area contributed by atoms with Crippen LogP contribution in [0.2, 0.25) is 5.02 Å². The van der Waals surface area contributed by atoms with Crippen molar-refractivity contribution in [1.29, 1.82) is 0 Å². The van der Waals surface area contributed by atoms with Gasteiger partial charge in [0.05, 0.1) is 0 Å². The van der Waals surface area contributed by atoms with Gasteiger partial charge in [0.15, 0.2) is 0 Å². The predicted octanol–water partition coefficient (Wildman–Crippen LogP) is 5.20. The number of aromatic nitrogens is 1. The number of rotatable bonds is 4. The van der Waals surface area contributed by atoms with E-state index < -0.39 is 0 Å². The zero-order valence-electron chi connectivity index (χ0n) is 12.3. The summed E-state index contributed by atoms with van der Waals surface area (Å²) < 4.78 is 8.10. The van der Waals surface area contributed by atoms with E-state index in [2.05, 4.69) is 42.8 Å². The Hall–Kier alpha value is -1.93. The first-order valence-corrected chi connectivity index (χ1v) is 7.52. The fourth-order valence-electron chi connectivity index (χ4n) is 2.51. The van der Waals surface area contributed by atoms with Crippen molar-refractivity contribution in [1.82, 2.24) is 4.57 Å². The Morgan fingerprint density at radius 2 is 1.86 bits per heavy atom. The van der Waals surface area contributed by atoms with Crippen molar-refractivity contribution < 1.29 is 4.74 Å². The maximum absolute atomic E-state index is 6.10. The number of hydrogen-bond acceptors (Lipinski definition) is 1. The molecule has 0 bridgehead atoms. The van der Waals surface area contributed by atoms with Gasteiger partial charge in [0.1, 0.15) is 12.4 Å². The average Bonchev–Trinajstić information content (AvgIpc) is 2.84. The minimum atomic E-state index is 0.564. The van der Waals surface area contributed by atoms with Crippen LogP contribution in [0.4, 0.5) is 0 Å². The topological polar surface area (TPSA) is 14.2 Å². The largest absolute Gasteiger partial charge is 0.489 e. The second-order valence-electron chi connectivity index (χ2n) is 5.20. The first kappa shape index (κ1) is 14.0. The van der Waals surface area contributed by atoms with Crippen molar-refractivity contribution in [2.75, 3.05) is 0 Å². The lowest BCUT2D eigenvalue weighted by atomic mass is 10.2. The maximum Gasteiger partial charge on any atom is 0.119 e. The van der Waals surface area contributed by atoms with Gasteiger partial charge < -0.3 is 9.30 Å². The van der Waals surface area contributed by atoms with Crippen molar-refractivity contribution in [3.63, 3.8) is 0 Å². The number of nitrogens with zero attached hydrogens (tertiary/aromatic N) is 1. The summed E-state index contributed by atoms with van der Waals surface area (Å²) >= 11 is 6.10. The van der Waals surface area contributed by atoms with Crippen LogP contribution in [-0.4, -0.2) is 4.57 Å². The molecule has 108 valence electrons. The molecule has 0 fully saturated rings. The van der Waals surface area contributed by atoms with Gasteiger partial charge in [-0.3, -0.25) is 0 Å². The smallest absolute Gasteiger partial charge is 0.119 e.